The van der Waals surface area contributed by atoms with E-state index in [1.54, 1.807) is 9.80 Å². The van der Waals surface area contributed by atoms with Gasteiger partial charge in [-0.2, -0.15) is 4.31 Å². The average molecular weight is 333 g/mol. The van der Waals surface area contributed by atoms with Crippen molar-refractivity contribution in [2.75, 3.05) is 57.2 Å². The Balaban J connectivity index is 2.09. The van der Waals surface area contributed by atoms with Gasteiger partial charge in [0.05, 0.1) is 6.26 Å². The third-order valence-electron chi connectivity index (χ3n) is 3.21. The highest BCUT2D eigenvalue weighted by Crippen LogP contribution is 2.28. The lowest BCUT2D eigenvalue weighted by molar-refractivity contribution is 0.0704. The number of amides is 1. The maximum Gasteiger partial charge on any atom is 0.267 e. The highest BCUT2D eigenvalue weighted by atomic mass is 32.2. The lowest BCUT2D eigenvalue weighted by Crippen LogP contribution is -2.50. The maximum atomic E-state index is 12.4. The second kappa shape index (κ2) is 5.78. The molecule has 21 heavy (non-hydrogen) atoms. The van der Waals surface area contributed by atoms with Crippen molar-refractivity contribution in [1.29, 1.82) is 0 Å². The Morgan fingerprint density at radius 3 is 2.29 bits per heavy atom. The molecule has 0 spiro atoms. The van der Waals surface area contributed by atoms with Crippen LogP contribution in [-0.2, 0) is 10.0 Å². The summed E-state index contributed by atoms with van der Waals surface area (Å²) in [7, 11) is 0.461. The quantitative estimate of drug-likeness (QED) is 0.801. The Labute approximate surface area is 128 Å². The minimum atomic E-state index is -3.20. The number of nitrogen functional groups attached to an aromatic ring is 1. The van der Waals surface area contributed by atoms with Crippen molar-refractivity contribution in [3.05, 3.63) is 4.88 Å². The van der Waals surface area contributed by atoms with Crippen molar-refractivity contribution in [1.82, 2.24) is 14.2 Å². The fourth-order valence-corrected chi connectivity index (χ4v) is 3.73. The summed E-state index contributed by atoms with van der Waals surface area (Å²) in [6, 6.07) is 0. The van der Waals surface area contributed by atoms with Crippen LogP contribution in [-0.4, -0.2) is 75.0 Å². The third kappa shape index (κ3) is 3.44. The molecule has 8 nitrogen and oxygen atoms in total. The number of sulfonamides is 1. The number of hydrogen-bond donors (Lipinski definition) is 1. The molecule has 0 unspecified atom stereocenters. The number of thiazole rings is 1. The van der Waals surface area contributed by atoms with Gasteiger partial charge < -0.3 is 15.5 Å². The zero-order valence-corrected chi connectivity index (χ0v) is 13.9. The standard InChI is InChI=1S/C11H19N5O3S2/c1-14(2)11-13-9(12)8(20-11)10(17)15-4-6-16(7-5-15)21(3,18)19/h4-7,12H2,1-3H3. The first kappa shape index (κ1) is 16.0. The second-order valence-corrected chi connectivity index (χ2v) is 8.02. The lowest BCUT2D eigenvalue weighted by Gasteiger charge is -2.32. The van der Waals surface area contributed by atoms with E-state index in [0.29, 0.717) is 36.2 Å². The number of anilines is 2. The zero-order chi connectivity index (χ0) is 15.8. The molecule has 2 N–H and O–H groups in total. The fourth-order valence-electron chi connectivity index (χ4n) is 2.03. The summed E-state index contributed by atoms with van der Waals surface area (Å²) in [5.41, 5.74) is 5.80. The largest absolute Gasteiger partial charge is 0.382 e. The summed E-state index contributed by atoms with van der Waals surface area (Å²) < 4.78 is 24.3. The fraction of sp³-hybridized carbons (Fsp3) is 0.636. The van der Waals surface area contributed by atoms with E-state index >= 15 is 0 Å². The van der Waals surface area contributed by atoms with Gasteiger partial charge in [0, 0.05) is 40.3 Å². The molecule has 1 aromatic rings. The SMILES string of the molecule is CN(C)c1nc(N)c(C(=O)N2CCN(S(C)(=O)=O)CC2)s1. The number of piperazine rings is 1. The molecule has 0 saturated carbocycles. The summed E-state index contributed by atoms with van der Waals surface area (Å²) in [6.45, 7) is 1.34. The van der Waals surface area contributed by atoms with E-state index in [2.05, 4.69) is 4.98 Å². The van der Waals surface area contributed by atoms with Crippen molar-refractivity contribution in [2.24, 2.45) is 0 Å². The van der Waals surface area contributed by atoms with Crippen LogP contribution in [0.5, 0.6) is 0 Å². The Morgan fingerprint density at radius 1 is 1.29 bits per heavy atom. The van der Waals surface area contributed by atoms with Gasteiger partial charge in [-0.25, -0.2) is 13.4 Å². The second-order valence-electron chi connectivity index (χ2n) is 5.06. The van der Waals surface area contributed by atoms with E-state index in [4.69, 9.17) is 5.73 Å². The Bertz CT molecular complexity index is 632. The normalized spacial score (nSPS) is 17.0. The number of hydrogen-bond acceptors (Lipinski definition) is 7. The van der Waals surface area contributed by atoms with Crippen LogP contribution in [0.4, 0.5) is 10.9 Å². The highest BCUT2D eigenvalue weighted by molar-refractivity contribution is 7.88. The number of nitrogens with zero attached hydrogens (tertiary/aromatic N) is 4. The minimum Gasteiger partial charge on any atom is -0.382 e. The average Bonchev–Trinajstić information content (AvgIpc) is 2.79. The van der Waals surface area contributed by atoms with E-state index in [-0.39, 0.29) is 11.7 Å². The number of aromatic nitrogens is 1. The van der Waals surface area contributed by atoms with Gasteiger partial charge in [0.15, 0.2) is 5.13 Å². The predicted molar refractivity (Wildman–Crippen MR) is 83.2 cm³/mol. The van der Waals surface area contributed by atoms with Gasteiger partial charge in [0.2, 0.25) is 10.0 Å². The summed E-state index contributed by atoms with van der Waals surface area (Å²) in [5.74, 6) is 0.0329. The van der Waals surface area contributed by atoms with Crippen LogP contribution in [0.2, 0.25) is 0 Å². The van der Waals surface area contributed by atoms with Gasteiger partial charge in [0.25, 0.3) is 5.91 Å². The molecule has 2 rings (SSSR count). The Hall–Kier alpha value is -1.39. The van der Waals surface area contributed by atoms with E-state index in [1.165, 1.54) is 21.9 Å². The van der Waals surface area contributed by atoms with Crippen molar-refractivity contribution in [3.63, 3.8) is 0 Å². The summed E-state index contributed by atoms with van der Waals surface area (Å²) in [6.07, 6.45) is 1.18. The van der Waals surface area contributed by atoms with Crippen molar-refractivity contribution in [3.8, 4) is 0 Å². The van der Waals surface area contributed by atoms with Gasteiger partial charge in [-0.1, -0.05) is 11.3 Å². The number of carbonyl (C=O) groups excluding carboxylic acids is 1. The molecule has 118 valence electrons. The Morgan fingerprint density at radius 2 is 1.86 bits per heavy atom. The number of carbonyl (C=O) groups is 1. The molecule has 1 aliphatic rings. The van der Waals surface area contributed by atoms with Crippen LogP contribution in [0.15, 0.2) is 0 Å². The molecule has 0 aromatic carbocycles. The molecule has 1 aromatic heterocycles. The van der Waals surface area contributed by atoms with Crippen LogP contribution >= 0.6 is 11.3 Å². The predicted octanol–water partition coefficient (Wildman–Crippen LogP) is -0.491. The van der Waals surface area contributed by atoms with Crippen molar-refractivity contribution >= 4 is 38.2 Å². The van der Waals surface area contributed by atoms with E-state index in [1.807, 2.05) is 14.1 Å². The maximum absolute atomic E-state index is 12.4. The molecule has 1 fully saturated rings. The van der Waals surface area contributed by atoms with E-state index in [0.717, 1.165) is 0 Å². The number of nitrogens with two attached hydrogens (primary N) is 1. The van der Waals surface area contributed by atoms with Gasteiger partial charge in [-0.05, 0) is 0 Å². The molecule has 1 saturated heterocycles. The molecule has 1 amide bonds. The lowest BCUT2D eigenvalue weighted by atomic mass is 10.3. The number of rotatable bonds is 3. The van der Waals surface area contributed by atoms with Crippen LogP contribution < -0.4 is 10.6 Å². The molecule has 0 aliphatic carbocycles. The first-order valence-electron chi connectivity index (χ1n) is 6.38. The monoisotopic (exact) mass is 333 g/mol. The molecule has 2 heterocycles. The van der Waals surface area contributed by atoms with Crippen LogP contribution in [0.25, 0.3) is 0 Å². The van der Waals surface area contributed by atoms with E-state index < -0.39 is 10.0 Å². The van der Waals surface area contributed by atoms with Crippen LogP contribution in [0.3, 0.4) is 0 Å². The molecule has 1 aliphatic heterocycles. The molecule has 0 radical (unpaired) electrons. The first-order chi connectivity index (χ1) is 9.70. The van der Waals surface area contributed by atoms with Crippen LogP contribution in [0, 0.1) is 0 Å². The van der Waals surface area contributed by atoms with Crippen molar-refractivity contribution < 1.29 is 13.2 Å². The van der Waals surface area contributed by atoms with Gasteiger partial charge in [-0.15, -0.1) is 0 Å². The minimum absolute atomic E-state index is 0.189. The molecule has 0 atom stereocenters. The summed E-state index contributed by atoms with van der Waals surface area (Å²) in [4.78, 5) is 20.4. The van der Waals surface area contributed by atoms with Gasteiger partial charge in [-0.3, -0.25) is 4.79 Å². The molecule has 0 bridgehead atoms. The molecular weight excluding hydrogens is 314 g/mol. The zero-order valence-electron chi connectivity index (χ0n) is 12.2. The first-order valence-corrected chi connectivity index (χ1v) is 9.04. The topological polar surface area (TPSA) is 99.8 Å². The summed E-state index contributed by atoms with van der Waals surface area (Å²) >= 11 is 1.24. The highest BCUT2D eigenvalue weighted by Gasteiger charge is 2.29. The van der Waals surface area contributed by atoms with Crippen LogP contribution in [0.1, 0.15) is 9.67 Å². The van der Waals surface area contributed by atoms with Gasteiger partial charge >= 0.3 is 0 Å². The Kier molecular flexibility index (Phi) is 4.40. The smallest absolute Gasteiger partial charge is 0.267 e. The summed E-state index contributed by atoms with van der Waals surface area (Å²) in [5, 5.41) is 0.672. The van der Waals surface area contributed by atoms with Crippen molar-refractivity contribution in [2.45, 2.75) is 0 Å². The molecule has 10 heteroatoms. The van der Waals surface area contributed by atoms with E-state index in [9.17, 15) is 13.2 Å². The third-order valence-corrected chi connectivity index (χ3v) is 5.74. The molecular formula is C11H19N5O3S2. The van der Waals surface area contributed by atoms with Gasteiger partial charge in [0.1, 0.15) is 10.7 Å².